The molecule has 1 aromatic heterocycles. The smallest absolute Gasteiger partial charge is 0.295 e. The molecule has 2 aliphatic heterocycles. The van der Waals surface area contributed by atoms with E-state index in [9.17, 15) is 14.0 Å². The molecule has 25 heavy (non-hydrogen) atoms. The lowest BCUT2D eigenvalue weighted by Gasteiger charge is -2.38. The molecular formula is C18H14FN3O2S. The number of hydrogen-bond acceptors (Lipinski definition) is 5. The van der Waals surface area contributed by atoms with Gasteiger partial charge in [0.25, 0.3) is 11.7 Å². The van der Waals surface area contributed by atoms with Gasteiger partial charge in [-0.15, -0.1) is 0 Å². The third-order valence-corrected chi connectivity index (χ3v) is 5.21. The van der Waals surface area contributed by atoms with E-state index in [1.54, 1.807) is 18.5 Å². The number of ketones is 1. The number of hydrogen-bond donors (Lipinski definition) is 0. The van der Waals surface area contributed by atoms with Crippen molar-refractivity contribution in [3.8, 4) is 0 Å². The first kappa shape index (κ1) is 16.0. The van der Waals surface area contributed by atoms with E-state index < -0.39 is 23.0 Å². The van der Waals surface area contributed by atoms with Crippen molar-refractivity contribution in [1.82, 2.24) is 9.97 Å². The highest BCUT2D eigenvalue weighted by molar-refractivity contribution is 7.99. The first-order chi connectivity index (χ1) is 11.9. The van der Waals surface area contributed by atoms with Crippen molar-refractivity contribution in [3.63, 3.8) is 0 Å². The molecule has 126 valence electrons. The quantitative estimate of drug-likeness (QED) is 0.481. The van der Waals surface area contributed by atoms with Crippen molar-refractivity contribution < 1.29 is 14.0 Å². The van der Waals surface area contributed by atoms with Crippen molar-refractivity contribution >= 4 is 34.7 Å². The van der Waals surface area contributed by atoms with E-state index in [0.717, 1.165) is 11.6 Å². The standard InChI is InChI=1S/C18H14FN3O2S/c1-18(2)8-10(9-25-17-20-4-3-5-21-17)12-6-11(19)7-13-14(12)22(18)16(24)15(13)23/h3-8H,9H2,1-2H3. The van der Waals surface area contributed by atoms with Crippen molar-refractivity contribution in [3.05, 3.63) is 53.6 Å². The normalized spacial score (nSPS) is 17.6. The van der Waals surface area contributed by atoms with Gasteiger partial charge in [0.1, 0.15) is 5.82 Å². The fourth-order valence-corrected chi connectivity index (χ4v) is 4.11. The number of carbonyl (C=O) groups is 2. The molecule has 0 spiro atoms. The number of halogens is 1. The van der Waals surface area contributed by atoms with Gasteiger partial charge in [-0.3, -0.25) is 14.5 Å². The molecule has 1 aromatic carbocycles. The summed E-state index contributed by atoms with van der Waals surface area (Å²) in [4.78, 5) is 34.5. The Labute approximate surface area is 148 Å². The second-order valence-corrected chi connectivity index (χ2v) is 7.40. The van der Waals surface area contributed by atoms with Gasteiger partial charge >= 0.3 is 0 Å². The Kier molecular flexibility index (Phi) is 3.50. The zero-order chi connectivity index (χ0) is 17.8. The van der Waals surface area contributed by atoms with Gasteiger partial charge in [-0.2, -0.15) is 0 Å². The minimum Gasteiger partial charge on any atom is -0.295 e. The second-order valence-electron chi connectivity index (χ2n) is 6.46. The van der Waals surface area contributed by atoms with E-state index in [2.05, 4.69) is 9.97 Å². The van der Waals surface area contributed by atoms with Crippen LogP contribution in [0.3, 0.4) is 0 Å². The molecule has 0 radical (unpaired) electrons. The lowest BCUT2D eigenvalue weighted by molar-refractivity contribution is -0.115. The molecule has 0 bridgehead atoms. The van der Waals surface area contributed by atoms with Crippen LogP contribution < -0.4 is 4.90 Å². The zero-order valence-corrected chi connectivity index (χ0v) is 14.4. The highest BCUT2D eigenvalue weighted by Crippen LogP contribution is 2.46. The summed E-state index contributed by atoms with van der Waals surface area (Å²) in [6.07, 6.45) is 5.23. The third-order valence-electron chi connectivity index (χ3n) is 4.29. The Hall–Kier alpha value is -2.54. The summed E-state index contributed by atoms with van der Waals surface area (Å²) in [6, 6.07) is 4.26. The zero-order valence-electron chi connectivity index (χ0n) is 13.6. The van der Waals surface area contributed by atoms with Crippen LogP contribution in [0, 0.1) is 5.82 Å². The van der Waals surface area contributed by atoms with E-state index in [1.165, 1.54) is 22.7 Å². The molecule has 2 aliphatic rings. The highest BCUT2D eigenvalue weighted by atomic mass is 32.2. The summed E-state index contributed by atoms with van der Waals surface area (Å²) in [6.45, 7) is 3.73. The Balaban J connectivity index is 1.80. The van der Waals surface area contributed by atoms with Crippen LogP contribution in [0.2, 0.25) is 0 Å². The van der Waals surface area contributed by atoms with Gasteiger partial charge < -0.3 is 0 Å². The van der Waals surface area contributed by atoms with Crippen molar-refractivity contribution in [2.45, 2.75) is 24.5 Å². The molecule has 0 aliphatic carbocycles. The average Bonchev–Trinajstić information content (AvgIpc) is 2.83. The average molecular weight is 355 g/mol. The number of benzene rings is 1. The number of thioether (sulfide) groups is 1. The van der Waals surface area contributed by atoms with E-state index >= 15 is 0 Å². The first-order valence-corrected chi connectivity index (χ1v) is 8.71. The Morgan fingerprint density at radius 3 is 2.56 bits per heavy atom. The Morgan fingerprint density at radius 1 is 1.16 bits per heavy atom. The van der Waals surface area contributed by atoms with Gasteiger partial charge in [0.15, 0.2) is 5.16 Å². The molecule has 0 N–H and O–H groups in total. The molecule has 7 heteroatoms. The summed E-state index contributed by atoms with van der Waals surface area (Å²) in [5.41, 5.74) is 1.41. The minimum atomic E-state index is -0.670. The summed E-state index contributed by atoms with van der Waals surface area (Å²) < 4.78 is 14.0. The van der Waals surface area contributed by atoms with Crippen LogP contribution in [0.1, 0.15) is 29.8 Å². The fraction of sp³-hybridized carbons (Fsp3) is 0.222. The minimum absolute atomic E-state index is 0.139. The predicted molar refractivity (Wildman–Crippen MR) is 93.0 cm³/mol. The predicted octanol–water partition coefficient (Wildman–Crippen LogP) is 3.11. The van der Waals surface area contributed by atoms with Crippen LogP contribution >= 0.6 is 11.8 Å². The third kappa shape index (κ3) is 2.46. The van der Waals surface area contributed by atoms with E-state index in [-0.39, 0.29) is 5.56 Å². The maximum absolute atomic E-state index is 14.0. The molecule has 4 rings (SSSR count). The van der Waals surface area contributed by atoms with Crippen molar-refractivity contribution in [1.29, 1.82) is 0 Å². The summed E-state index contributed by atoms with van der Waals surface area (Å²) in [7, 11) is 0. The first-order valence-electron chi connectivity index (χ1n) is 7.73. The van der Waals surface area contributed by atoms with Crippen LogP contribution in [0.4, 0.5) is 10.1 Å². The largest absolute Gasteiger partial charge is 0.300 e. The monoisotopic (exact) mass is 355 g/mol. The number of carbonyl (C=O) groups excluding carboxylic acids is 2. The lowest BCUT2D eigenvalue weighted by atomic mass is 9.89. The summed E-state index contributed by atoms with van der Waals surface area (Å²) in [5, 5.41) is 0.615. The molecule has 0 fully saturated rings. The van der Waals surface area contributed by atoms with Crippen LogP contribution in [0.25, 0.3) is 5.57 Å². The molecule has 3 heterocycles. The van der Waals surface area contributed by atoms with Crippen LogP contribution in [0.15, 0.2) is 41.8 Å². The Bertz CT molecular complexity index is 941. The number of rotatable bonds is 3. The molecule has 0 atom stereocenters. The van der Waals surface area contributed by atoms with Gasteiger partial charge in [0.05, 0.1) is 16.8 Å². The Morgan fingerprint density at radius 2 is 1.84 bits per heavy atom. The molecule has 0 saturated carbocycles. The number of aromatic nitrogens is 2. The SMILES string of the molecule is CC1(C)C=C(CSc2ncccn2)c2cc(F)cc3c2N1C(=O)C3=O. The molecular weight excluding hydrogens is 341 g/mol. The highest BCUT2D eigenvalue weighted by Gasteiger charge is 2.47. The van der Waals surface area contributed by atoms with Gasteiger partial charge in [0, 0.05) is 23.7 Å². The van der Waals surface area contributed by atoms with Crippen LogP contribution in [-0.2, 0) is 4.79 Å². The molecule has 0 unspecified atom stereocenters. The van der Waals surface area contributed by atoms with Crippen molar-refractivity contribution in [2.75, 3.05) is 10.7 Å². The summed E-state index contributed by atoms with van der Waals surface area (Å²) in [5.74, 6) is -1.28. The molecule has 2 aromatic rings. The van der Waals surface area contributed by atoms with Crippen molar-refractivity contribution in [2.24, 2.45) is 0 Å². The van der Waals surface area contributed by atoms with Gasteiger partial charge in [-0.1, -0.05) is 17.8 Å². The van der Waals surface area contributed by atoms with Gasteiger partial charge in [-0.25, -0.2) is 14.4 Å². The maximum atomic E-state index is 14.0. The van der Waals surface area contributed by atoms with E-state index in [0.29, 0.717) is 22.2 Å². The number of amides is 1. The van der Waals surface area contributed by atoms with E-state index in [4.69, 9.17) is 0 Å². The number of anilines is 1. The lowest BCUT2D eigenvalue weighted by Crippen LogP contribution is -2.47. The topological polar surface area (TPSA) is 63.2 Å². The van der Waals surface area contributed by atoms with Gasteiger partial charge in [-0.05, 0) is 37.6 Å². The maximum Gasteiger partial charge on any atom is 0.300 e. The fourth-order valence-electron chi connectivity index (χ4n) is 3.32. The van der Waals surface area contributed by atoms with Crippen LogP contribution in [0.5, 0.6) is 0 Å². The van der Waals surface area contributed by atoms with Gasteiger partial charge in [0.2, 0.25) is 0 Å². The van der Waals surface area contributed by atoms with E-state index in [1.807, 2.05) is 19.9 Å². The molecule has 0 saturated heterocycles. The number of nitrogens with zero attached hydrogens (tertiary/aromatic N) is 3. The van der Waals surface area contributed by atoms with Crippen LogP contribution in [-0.4, -0.2) is 33.0 Å². The molecule has 5 nitrogen and oxygen atoms in total. The summed E-state index contributed by atoms with van der Waals surface area (Å²) >= 11 is 1.42. The number of Topliss-reactive ketones (excluding diaryl/α,β-unsaturated/α-hetero) is 1. The second kappa shape index (κ2) is 5.49. The molecule has 1 amide bonds.